The van der Waals surface area contributed by atoms with Crippen LogP contribution in [0.25, 0.3) is 0 Å². The Morgan fingerprint density at radius 1 is 1.12 bits per heavy atom. The Labute approximate surface area is 148 Å². The highest BCUT2D eigenvalue weighted by Gasteiger charge is 2.33. The highest BCUT2D eigenvalue weighted by atomic mass is 16.2. The van der Waals surface area contributed by atoms with E-state index in [-0.39, 0.29) is 6.03 Å². The van der Waals surface area contributed by atoms with Gasteiger partial charge in [0.1, 0.15) is 6.33 Å². The maximum Gasteiger partial charge on any atom is 0.324 e. The van der Waals surface area contributed by atoms with Crippen LogP contribution in [0.3, 0.4) is 0 Å². The SMILES string of the molecule is O=C(Nc1ncn(Cc2ccccc2)n1)N1CC[C@@H]2CCCC[C@@H]2C1. The first-order chi connectivity index (χ1) is 12.3. The van der Waals surface area contributed by atoms with Gasteiger partial charge in [0.15, 0.2) is 0 Å². The van der Waals surface area contributed by atoms with Crippen LogP contribution in [0.15, 0.2) is 36.7 Å². The number of carbonyl (C=O) groups is 1. The molecule has 0 radical (unpaired) electrons. The number of amides is 2. The molecule has 2 aliphatic rings. The Bertz CT molecular complexity index is 714. The molecule has 1 aliphatic heterocycles. The van der Waals surface area contributed by atoms with E-state index in [1.807, 2.05) is 35.2 Å². The minimum atomic E-state index is -0.0681. The molecule has 2 amide bonds. The molecule has 1 saturated heterocycles. The number of piperidine rings is 1. The van der Waals surface area contributed by atoms with Crippen molar-refractivity contribution in [2.24, 2.45) is 11.8 Å². The standard InChI is InChI=1S/C19H25N5O/c25-19(23-11-10-16-8-4-5-9-17(16)13-23)21-18-20-14-24(22-18)12-15-6-2-1-3-7-15/h1-3,6-7,14,16-17H,4-5,8-13H2,(H,21,22,25)/t16-,17+/m0/s1. The van der Waals surface area contributed by atoms with Gasteiger partial charge in [-0.2, -0.15) is 0 Å². The number of fused-ring (bicyclic) bond motifs is 1. The minimum Gasteiger partial charge on any atom is -0.324 e. The molecule has 6 heteroatoms. The molecule has 1 aliphatic carbocycles. The van der Waals surface area contributed by atoms with E-state index in [0.717, 1.165) is 31.0 Å². The molecule has 0 unspecified atom stereocenters. The van der Waals surface area contributed by atoms with Crippen molar-refractivity contribution in [3.05, 3.63) is 42.2 Å². The average molecular weight is 339 g/mol. The summed E-state index contributed by atoms with van der Waals surface area (Å²) >= 11 is 0. The van der Waals surface area contributed by atoms with Crippen LogP contribution in [0.5, 0.6) is 0 Å². The lowest BCUT2D eigenvalue weighted by Gasteiger charge is -2.41. The second kappa shape index (κ2) is 7.25. The number of rotatable bonds is 3. The van der Waals surface area contributed by atoms with Gasteiger partial charge in [-0.05, 0) is 30.2 Å². The van der Waals surface area contributed by atoms with Gasteiger partial charge < -0.3 is 4.90 Å². The average Bonchev–Trinajstić information content (AvgIpc) is 3.09. The van der Waals surface area contributed by atoms with Crippen molar-refractivity contribution >= 4 is 12.0 Å². The summed E-state index contributed by atoms with van der Waals surface area (Å²) in [7, 11) is 0. The van der Waals surface area contributed by atoms with Crippen molar-refractivity contribution in [3.63, 3.8) is 0 Å². The molecule has 132 valence electrons. The fourth-order valence-corrected chi connectivity index (χ4v) is 4.16. The fraction of sp³-hybridized carbons (Fsp3) is 0.526. The molecule has 2 fully saturated rings. The van der Waals surface area contributed by atoms with E-state index in [0.29, 0.717) is 18.4 Å². The lowest BCUT2D eigenvalue weighted by molar-refractivity contribution is 0.108. The maximum atomic E-state index is 12.5. The van der Waals surface area contributed by atoms with E-state index in [1.54, 1.807) is 11.0 Å². The molecular weight excluding hydrogens is 314 g/mol. The van der Waals surface area contributed by atoms with Gasteiger partial charge in [0, 0.05) is 13.1 Å². The predicted octanol–water partition coefficient (Wildman–Crippen LogP) is 3.37. The molecule has 0 bridgehead atoms. The van der Waals surface area contributed by atoms with Gasteiger partial charge in [-0.1, -0.05) is 49.6 Å². The second-order valence-electron chi connectivity index (χ2n) is 7.22. The van der Waals surface area contributed by atoms with Crippen LogP contribution in [0, 0.1) is 11.8 Å². The number of carbonyl (C=O) groups excluding carboxylic acids is 1. The van der Waals surface area contributed by atoms with Crippen molar-refractivity contribution in [2.45, 2.75) is 38.6 Å². The number of hydrogen-bond donors (Lipinski definition) is 1. The normalized spacial score (nSPS) is 23.1. The molecule has 1 N–H and O–H groups in total. The zero-order valence-corrected chi connectivity index (χ0v) is 14.5. The van der Waals surface area contributed by atoms with Crippen LogP contribution in [-0.2, 0) is 6.54 Å². The summed E-state index contributed by atoms with van der Waals surface area (Å²) < 4.78 is 1.75. The molecule has 25 heavy (non-hydrogen) atoms. The Morgan fingerprint density at radius 3 is 2.76 bits per heavy atom. The van der Waals surface area contributed by atoms with Crippen molar-refractivity contribution in [1.29, 1.82) is 0 Å². The van der Waals surface area contributed by atoms with Crippen LogP contribution in [0.2, 0.25) is 0 Å². The molecule has 2 atom stereocenters. The molecule has 1 aromatic heterocycles. The van der Waals surface area contributed by atoms with Crippen LogP contribution < -0.4 is 5.32 Å². The fourth-order valence-electron chi connectivity index (χ4n) is 4.16. The van der Waals surface area contributed by atoms with Crippen LogP contribution in [-0.4, -0.2) is 38.8 Å². The molecule has 4 rings (SSSR count). The van der Waals surface area contributed by atoms with Crippen molar-refractivity contribution < 1.29 is 4.79 Å². The number of likely N-dealkylation sites (tertiary alicyclic amines) is 1. The summed E-state index contributed by atoms with van der Waals surface area (Å²) in [5, 5.41) is 7.23. The number of benzene rings is 1. The van der Waals surface area contributed by atoms with Gasteiger partial charge in [-0.25, -0.2) is 14.5 Å². The molecule has 6 nitrogen and oxygen atoms in total. The molecule has 2 heterocycles. The third-order valence-corrected chi connectivity index (χ3v) is 5.52. The van der Waals surface area contributed by atoms with Crippen LogP contribution in [0.4, 0.5) is 10.7 Å². The predicted molar refractivity (Wildman–Crippen MR) is 96.2 cm³/mol. The maximum absolute atomic E-state index is 12.5. The number of nitrogens with zero attached hydrogens (tertiary/aromatic N) is 4. The first-order valence-corrected chi connectivity index (χ1v) is 9.27. The third-order valence-electron chi connectivity index (χ3n) is 5.52. The largest absolute Gasteiger partial charge is 0.324 e. The van der Waals surface area contributed by atoms with Crippen molar-refractivity contribution in [3.8, 4) is 0 Å². The van der Waals surface area contributed by atoms with Crippen molar-refractivity contribution in [2.75, 3.05) is 18.4 Å². The van der Waals surface area contributed by atoms with Gasteiger partial charge in [0.2, 0.25) is 5.95 Å². The van der Waals surface area contributed by atoms with Gasteiger partial charge >= 0.3 is 6.03 Å². The zero-order chi connectivity index (χ0) is 17.1. The molecule has 2 aromatic rings. The monoisotopic (exact) mass is 339 g/mol. The number of nitrogens with one attached hydrogen (secondary N) is 1. The Morgan fingerprint density at radius 2 is 1.92 bits per heavy atom. The number of aromatic nitrogens is 3. The summed E-state index contributed by atoms with van der Waals surface area (Å²) in [6.07, 6.45) is 8.06. The van der Waals surface area contributed by atoms with Crippen molar-refractivity contribution in [1.82, 2.24) is 19.7 Å². The summed E-state index contributed by atoms with van der Waals surface area (Å²) in [4.78, 5) is 18.7. The summed E-state index contributed by atoms with van der Waals surface area (Å²) in [6.45, 7) is 2.37. The Balaban J connectivity index is 1.33. The van der Waals surface area contributed by atoms with E-state index in [2.05, 4.69) is 15.4 Å². The lowest BCUT2D eigenvalue weighted by atomic mass is 9.75. The summed E-state index contributed by atoms with van der Waals surface area (Å²) in [6, 6.07) is 10.0. The Kier molecular flexibility index (Phi) is 4.68. The van der Waals surface area contributed by atoms with Crippen LogP contribution >= 0.6 is 0 Å². The molecule has 0 spiro atoms. The highest BCUT2D eigenvalue weighted by Crippen LogP contribution is 2.36. The van der Waals surface area contributed by atoms with Gasteiger partial charge in [-0.15, -0.1) is 5.10 Å². The van der Waals surface area contributed by atoms with E-state index in [1.165, 1.54) is 25.7 Å². The number of urea groups is 1. The van der Waals surface area contributed by atoms with E-state index >= 15 is 0 Å². The molecule has 1 saturated carbocycles. The highest BCUT2D eigenvalue weighted by molar-refractivity contribution is 5.87. The Hall–Kier alpha value is -2.37. The van der Waals surface area contributed by atoms with Gasteiger partial charge in [-0.3, -0.25) is 5.32 Å². The molecule has 1 aromatic carbocycles. The quantitative estimate of drug-likeness (QED) is 0.932. The molecular formula is C19H25N5O. The minimum absolute atomic E-state index is 0.0681. The number of hydrogen-bond acceptors (Lipinski definition) is 3. The smallest absolute Gasteiger partial charge is 0.324 e. The van der Waals surface area contributed by atoms with Gasteiger partial charge in [0.25, 0.3) is 0 Å². The zero-order valence-electron chi connectivity index (χ0n) is 14.5. The summed E-state index contributed by atoms with van der Waals surface area (Å²) in [5.74, 6) is 1.88. The summed E-state index contributed by atoms with van der Waals surface area (Å²) in [5.41, 5.74) is 1.16. The number of anilines is 1. The van der Waals surface area contributed by atoms with Gasteiger partial charge in [0.05, 0.1) is 6.54 Å². The first-order valence-electron chi connectivity index (χ1n) is 9.27. The first kappa shape index (κ1) is 16.1. The lowest BCUT2D eigenvalue weighted by Crippen LogP contribution is -2.46. The van der Waals surface area contributed by atoms with Crippen LogP contribution in [0.1, 0.15) is 37.7 Å². The van der Waals surface area contributed by atoms with E-state index < -0.39 is 0 Å². The third kappa shape index (κ3) is 3.83. The van der Waals surface area contributed by atoms with E-state index in [4.69, 9.17) is 0 Å². The van der Waals surface area contributed by atoms with E-state index in [9.17, 15) is 4.79 Å². The second-order valence-corrected chi connectivity index (χ2v) is 7.22. The topological polar surface area (TPSA) is 63.1 Å².